The summed E-state index contributed by atoms with van der Waals surface area (Å²) in [6, 6.07) is 5.70. The van der Waals surface area contributed by atoms with Gasteiger partial charge in [-0.3, -0.25) is 4.79 Å². The lowest BCUT2D eigenvalue weighted by molar-refractivity contribution is -0.139. The number of hydrogen-bond donors (Lipinski definition) is 3. The van der Waals surface area contributed by atoms with E-state index in [4.69, 9.17) is 5.11 Å². The highest BCUT2D eigenvalue weighted by atomic mass is 32.2. The SMILES string of the molecule is CC(C)C1=NC(N(C)S(C)(=O)=O)=NC(C)(c2ccc(F)cc2)C1/C=C/[C@@H](O)C[C@@H](O)CC(=O)O. The average molecular weight is 498 g/mol. The van der Waals surface area contributed by atoms with E-state index < -0.39 is 51.9 Å². The van der Waals surface area contributed by atoms with Crippen LogP contribution in [0.15, 0.2) is 46.4 Å². The van der Waals surface area contributed by atoms with Crippen LogP contribution in [0.3, 0.4) is 0 Å². The number of carboxylic acid groups (broad SMARTS) is 1. The summed E-state index contributed by atoms with van der Waals surface area (Å²) in [5.74, 6) is -2.30. The van der Waals surface area contributed by atoms with Gasteiger partial charge in [0.1, 0.15) is 5.82 Å². The molecule has 3 N–H and O–H groups in total. The number of carboxylic acids is 1. The lowest BCUT2D eigenvalue weighted by Gasteiger charge is -2.39. The average Bonchev–Trinajstić information content (AvgIpc) is 2.70. The number of rotatable bonds is 9. The van der Waals surface area contributed by atoms with Crippen molar-refractivity contribution in [3.05, 3.63) is 47.8 Å². The van der Waals surface area contributed by atoms with Crippen molar-refractivity contribution in [2.24, 2.45) is 21.8 Å². The van der Waals surface area contributed by atoms with Crippen molar-refractivity contribution in [2.45, 2.75) is 51.4 Å². The summed E-state index contributed by atoms with van der Waals surface area (Å²) in [5, 5.41) is 29.0. The first kappa shape index (κ1) is 27.6. The minimum Gasteiger partial charge on any atom is -0.481 e. The minimum absolute atomic E-state index is 0.0138. The Bertz CT molecular complexity index is 1080. The van der Waals surface area contributed by atoms with E-state index in [1.54, 1.807) is 25.1 Å². The molecule has 0 amide bonds. The van der Waals surface area contributed by atoms with Crippen LogP contribution in [0.4, 0.5) is 4.39 Å². The fourth-order valence-corrected chi connectivity index (χ4v) is 4.13. The Labute approximate surface area is 199 Å². The predicted octanol–water partition coefficient (Wildman–Crippen LogP) is 2.16. The molecule has 2 rings (SSSR count). The van der Waals surface area contributed by atoms with Crippen LogP contribution >= 0.6 is 0 Å². The predicted molar refractivity (Wildman–Crippen MR) is 128 cm³/mol. The molecule has 188 valence electrons. The van der Waals surface area contributed by atoms with Gasteiger partial charge in [-0.25, -0.2) is 27.1 Å². The van der Waals surface area contributed by atoms with Gasteiger partial charge in [-0.1, -0.05) is 38.1 Å². The molecule has 4 atom stereocenters. The maximum Gasteiger partial charge on any atom is 0.305 e. The Morgan fingerprint density at radius 1 is 1.26 bits per heavy atom. The van der Waals surface area contributed by atoms with Gasteiger partial charge >= 0.3 is 5.97 Å². The fraction of sp³-hybridized carbons (Fsp3) is 0.522. The number of halogens is 1. The Morgan fingerprint density at radius 2 is 1.85 bits per heavy atom. The standard InChI is InChI=1S/C23H32FN3O6S/c1-14(2)21-19(11-10-17(28)12-18(29)13-20(30)31)23(3,15-6-8-16(24)9-7-15)26-22(25-21)27(4)34(5,32)33/h6-11,14,17-19,28-29H,12-13H2,1-5H3,(H,30,31)/b11-10+/t17-,18-,19?,23?/m1/s1. The maximum atomic E-state index is 13.6. The van der Waals surface area contributed by atoms with Crippen molar-refractivity contribution in [1.82, 2.24) is 4.31 Å². The smallest absolute Gasteiger partial charge is 0.305 e. The van der Waals surface area contributed by atoms with Crippen LogP contribution in [-0.2, 0) is 20.4 Å². The highest BCUT2D eigenvalue weighted by Gasteiger charge is 2.43. The molecule has 1 aliphatic rings. The molecule has 1 aliphatic heterocycles. The summed E-state index contributed by atoms with van der Waals surface area (Å²) >= 11 is 0. The molecule has 11 heteroatoms. The van der Waals surface area contributed by atoms with Gasteiger partial charge in [0.2, 0.25) is 16.0 Å². The van der Waals surface area contributed by atoms with Crippen LogP contribution in [0.2, 0.25) is 0 Å². The summed E-state index contributed by atoms with van der Waals surface area (Å²) in [6.07, 6.45) is 1.12. The van der Waals surface area contributed by atoms with Crippen molar-refractivity contribution >= 4 is 27.7 Å². The second-order valence-corrected chi connectivity index (χ2v) is 10.9. The van der Waals surface area contributed by atoms with Gasteiger partial charge < -0.3 is 15.3 Å². The number of nitrogens with zero attached hydrogens (tertiary/aromatic N) is 3. The molecule has 34 heavy (non-hydrogen) atoms. The number of aliphatic imine (C=N–C) groups is 2. The molecule has 1 aromatic rings. The molecule has 0 saturated heterocycles. The van der Waals surface area contributed by atoms with E-state index in [0.717, 1.165) is 10.6 Å². The Hall–Kier alpha value is -2.63. The molecule has 0 bridgehead atoms. The van der Waals surface area contributed by atoms with Gasteiger partial charge in [-0.05, 0) is 30.5 Å². The third kappa shape index (κ3) is 6.71. The number of aliphatic hydroxyl groups is 2. The quantitative estimate of drug-likeness (QED) is 0.447. The third-order valence-corrected chi connectivity index (χ3v) is 6.89. The summed E-state index contributed by atoms with van der Waals surface area (Å²) in [6.45, 7) is 5.55. The maximum absolute atomic E-state index is 13.6. The first-order chi connectivity index (χ1) is 15.6. The summed E-state index contributed by atoms with van der Waals surface area (Å²) in [5.41, 5.74) is 0.109. The van der Waals surface area contributed by atoms with Gasteiger partial charge in [-0.2, -0.15) is 0 Å². The molecular formula is C23H32FN3O6S. The molecule has 1 aromatic carbocycles. The number of aliphatic carboxylic acids is 1. The summed E-state index contributed by atoms with van der Waals surface area (Å²) < 4.78 is 39.0. The van der Waals surface area contributed by atoms with Crippen molar-refractivity contribution < 1.29 is 32.9 Å². The fourth-order valence-electron chi connectivity index (χ4n) is 3.75. The van der Waals surface area contributed by atoms with Gasteiger partial charge in [0.15, 0.2) is 0 Å². The number of carbonyl (C=O) groups is 1. The van der Waals surface area contributed by atoms with Gasteiger partial charge in [0.25, 0.3) is 0 Å². The monoisotopic (exact) mass is 497 g/mol. The molecule has 0 aromatic heterocycles. The van der Waals surface area contributed by atoms with Crippen molar-refractivity contribution in [3.8, 4) is 0 Å². The zero-order valence-electron chi connectivity index (χ0n) is 19.9. The molecular weight excluding hydrogens is 465 g/mol. The Morgan fingerprint density at radius 3 is 2.35 bits per heavy atom. The Balaban J connectivity index is 2.56. The van der Waals surface area contributed by atoms with Crippen LogP contribution in [0.1, 0.15) is 39.2 Å². The van der Waals surface area contributed by atoms with E-state index >= 15 is 0 Å². The molecule has 2 unspecified atom stereocenters. The van der Waals surface area contributed by atoms with Gasteiger partial charge in [-0.15, -0.1) is 0 Å². The summed E-state index contributed by atoms with van der Waals surface area (Å²) in [4.78, 5) is 20.0. The third-order valence-electron chi connectivity index (χ3n) is 5.73. The first-order valence-corrected chi connectivity index (χ1v) is 12.6. The summed E-state index contributed by atoms with van der Waals surface area (Å²) in [7, 11) is -2.30. The van der Waals surface area contributed by atoms with Crippen LogP contribution in [0, 0.1) is 17.7 Å². The van der Waals surface area contributed by atoms with Crippen LogP contribution in [0.5, 0.6) is 0 Å². The number of benzene rings is 1. The molecule has 1 heterocycles. The number of guanidine groups is 1. The van der Waals surface area contributed by atoms with Gasteiger partial charge in [0, 0.05) is 25.1 Å². The lowest BCUT2D eigenvalue weighted by atomic mass is 9.73. The van der Waals surface area contributed by atoms with E-state index in [1.807, 2.05) is 13.8 Å². The van der Waals surface area contributed by atoms with E-state index in [0.29, 0.717) is 11.3 Å². The zero-order valence-corrected chi connectivity index (χ0v) is 20.7. The molecule has 0 aliphatic carbocycles. The van der Waals surface area contributed by atoms with Crippen molar-refractivity contribution in [2.75, 3.05) is 13.3 Å². The van der Waals surface area contributed by atoms with Crippen LogP contribution in [0.25, 0.3) is 0 Å². The van der Waals surface area contributed by atoms with Gasteiger partial charge in [0.05, 0.1) is 30.4 Å². The van der Waals surface area contributed by atoms with E-state index in [-0.39, 0.29) is 18.3 Å². The molecule has 9 nitrogen and oxygen atoms in total. The highest BCUT2D eigenvalue weighted by Crippen LogP contribution is 2.40. The number of hydrogen-bond acceptors (Lipinski definition) is 7. The van der Waals surface area contributed by atoms with E-state index in [9.17, 15) is 27.8 Å². The number of aliphatic hydroxyl groups excluding tert-OH is 2. The minimum atomic E-state index is -3.66. The van der Waals surface area contributed by atoms with Crippen LogP contribution < -0.4 is 0 Å². The van der Waals surface area contributed by atoms with Crippen LogP contribution in [-0.4, -0.2) is 71.2 Å². The topological polar surface area (TPSA) is 140 Å². The molecule has 0 radical (unpaired) electrons. The van der Waals surface area contributed by atoms with Crippen molar-refractivity contribution in [1.29, 1.82) is 0 Å². The second-order valence-electron chi connectivity index (χ2n) is 8.91. The second kappa shape index (κ2) is 10.7. The highest BCUT2D eigenvalue weighted by molar-refractivity contribution is 7.88. The van der Waals surface area contributed by atoms with E-state index in [2.05, 4.69) is 9.98 Å². The Kier molecular flexibility index (Phi) is 8.73. The number of sulfonamides is 1. The normalized spacial score (nSPS) is 22.9. The van der Waals surface area contributed by atoms with Crippen molar-refractivity contribution in [3.63, 3.8) is 0 Å². The molecule has 0 saturated carbocycles. The molecule has 0 fully saturated rings. The zero-order chi connectivity index (χ0) is 25.8. The van der Waals surface area contributed by atoms with E-state index in [1.165, 1.54) is 25.3 Å². The lowest BCUT2D eigenvalue weighted by Crippen LogP contribution is -2.45. The molecule has 0 spiro atoms. The first-order valence-electron chi connectivity index (χ1n) is 10.8. The largest absolute Gasteiger partial charge is 0.481 e.